The molecule has 0 aromatic heterocycles. The summed E-state index contributed by atoms with van der Waals surface area (Å²) in [5.74, 6) is 0.0524. The maximum atomic E-state index is 10.2. The fourth-order valence-corrected chi connectivity index (χ4v) is 3.23. The molecule has 2 rings (SSSR count). The zero-order valence-electron chi connectivity index (χ0n) is 17.2. The standard InChI is InChI=1S/C24H35NO4/c26-19-22-17-21(12-13-23(22)27)24(28)18-25-14-6-1-2-7-15-29-16-8-11-20-9-4-3-5-10-20/h3-5,9-10,12-13,17,24-28H,1-2,6-8,11,14-16,18-19H2/t24-/m0/s1. The van der Waals surface area contributed by atoms with E-state index in [4.69, 9.17) is 4.74 Å². The van der Waals surface area contributed by atoms with Crippen molar-refractivity contribution in [3.05, 3.63) is 65.2 Å². The van der Waals surface area contributed by atoms with E-state index >= 15 is 0 Å². The predicted octanol–water partition coefficient (Wildman–Crippen LogP) is 3.72. The lowest BCUT2D eigenvalue weighted by Gasteiger charge is -2.14. The monoisotopic (exact) mass is 401 g/mol. The number of aliphatic hydroxyl groups excluding tert-OH is 2. The average molecular weight is 402 g/mol. The normalized spacial score (nSPS) is 12.2. The largest absolute Gasteiger partial charge is 0.508 e. The fourth-order valence-electron chi connectivity index (χ4n) is 3.23. The number of hydrogen-bond donors (Lipinski definition) is 4. The first-order chi connectivity index (χ1) is 14.2. The molecular weight excluding hydrogens is 366 g/mol. The first kappa shape index (κ1) is 23.4. The number of unbranched alkanes of at least 4 members (excludes halogenated alkanes) is 3. The molecule has 0 amide bonds. The Balaban J connectivity index is 1.41. The molecule has 0 aliphatic carbocycles. The van der Waals surface area contributed by atoms with E-state index in [2.05, 4.69) is 29.6 Å². The molecule has 5 heteroatoms. The molecule has 0 saturated carbocycles. The topological polar surface area (TPSA) is 82.0 Å². The third-order valence-corrected chi connectivity index (χ3v) is 4.99. The van der Waals surface area contributed by atoms with Gasteiger partial charge in [0.2, 0.25) is 0 Å². The van der Waals surface area contributed by atoms with Crippen LogP contribution in [0, 0.1) is 0 Å². The summed E-state index contributed by atoms with van der Waals surface area (Å²) in [4.78, 5) is 0. The summed E-state index contributed by atoms with van der Waals surface area (Å²) in [5.41, 5.74) is 2.50. The van der Waals surface area contributed by atoms with Gasteiger partial charge in [-0.3, -0.25) is 0 Å². The van der Waals surface area contributed by atoms with Crippen molar-refractivity contribution in [1.29, 1.82) is 0 Å². The predicted molar refractivity (Wildman–Crippen MR) is 116 cm³/mol. The van der Waals surface area contributed by atoms with Crippen LogP contribution in [-0.2, 0) is 17.8 Å². The van der Waals surface area contributed by atoms with Gasteiger partial charge in [0.1, 0.15) is 5.75 Å². The van der Waals surface area contributed by atoms with Gasteiger partial charge in [-0.15, -0.1) is 0 Å². The highest BCUT2D eigenvalue weighted by molar-refractivity contribution is 5.36. The van der Waals surface area contributed by atoms with Gasteiger partial charge in [-0.2, -0.15) is 0 Å². The number of ether oxygens (including phenoxy) is 1. The second kappa shape index (κ2) is 14.1. The Bertz CT molecular complexity index is 678. The Morgan fingerprint density at radius 3 is 2.45 bits per heavy atom. The number of phenols is 1. The van der Waals surface area contributed by atoms with Crippen LogP contribution in [0.5, 0.6) is 5.75 Å². The molecule has 0 aliphatic rings. The van der Waals surface area contributed by atoms with Crippen molar-refractivity contribution in [1.82, 2.24) is 5.32 Å². The van der Waals surface area contributed by atoms with Gasteiger partial charge in [0.25, 0.3) is 0 Å². The zero-order valence-corrected chi connectivity index (χ0v) is 17.2. The van der Waals surface area contributed by atoms with Crippen molar-refractivity contribution >= 4 is 0 Å². The maximum absolute atomic E-state index is 10.2. The van der Waals surface area contributed by atoms with Crippen LogP contribution >= 0.6 is 0 Å². The van der Waals surface area contributed by atoms with E-state index in [0.29, 0.717) is 17.7 Å². The summed E-state index contributed by atoms with van der Waals surface area (Å²) in [6, 6.07) is 15.3. The molecular formula is C24H35NO4. The highest BCUT2D eigenvalue weighted by atomic mass is 16.5. The average Bonchev–Trinajstić information content (AvgIpc) is 2.75. The molecule has 0 aliphatic heterocycles. The van der Waals surface area contributed by atoms with Gasteiger partial charge in [-0.05, 0) is 55.5 Å². The van der Waals surface area contributed by atoms with Gasteiger partial charge in [0.05, 0.1) is 12.7 Å². The summed E-state index contributed by atoms with van der Waals surface area (Å²) in [7, 11) is 0. The number of aryl methyl sites for hydroxylation is 1. The minimum Gasteiger partial charge on any atom is -0.508 e. The van der Waals surface area contributed by atoms with E-state index in [1.807, 2.05) is 6.07 Å². The molecule has 0 bridgehead atoms. The lowest BCUT2D eigenvalue weighted by atomic mass is 10.1. The summed E-state index contributed by atoms with van der Waals surface area (Å²) in [6.07, 6.45) is 5.94. The quantitative estimate of drug-likeness (QED) is 0.342. The van der Waals surface area contributed by atoms with Gasteiger partial charge in [-0.1, -0.05) is 49.2 Å². The van der Waals surface area contributed by atoms with E-state index in [1.54, 1.807) is 12.1 Å². The third kappa shape index (κ3) is 9.41. The van der Waals surface area contributed by atoms with E-state index in [-0.39, 0.29) is 12.4 Å². The van der Waals surface area contributed by atoms with E-state index in [1.165, 1.54) is 11.6 Å². The molecule has 0 unspecified atom stereocenters. The molecule has 0 radical (unpaired) electrons. The Kier molecular flexibility index (Phi) is 11.4. The van der Waals surface area contributed by atoms with Crippen molar-refractivity contribution in [2.24, 2.45) is 0 Å². The smallest absolute Gasteiger partial charge is 0.121 e. The Labute approximate surface area is 174 Å². The van der Waals surface area contributed by atoms with Crippen LogP contribution in [0.4, 0.5) is 0 Å². The summed E-state index contributed by atoms with van der Waals surface area (Å²) in [6.45, 7) is 2.73. The van der Waals surface area contributed by atoms with Gasteiger partial charge in [0, 0.05) is 25.3 Å². The van der Waals surface area contributed by atoms with Crippen LogP contribution in [0.15, 0.2) is 48.5 Å². The van der Waals surface area contributed by atoms with Gasteiger partial charge in [0.15, 0.2) is 0 Å². The van der Waals surface area contributed by atoms with Crippen molar-refractivity contribution < 1.29 is 20.1 Å². The van der Waals surface area contributed by atoms with Crippen LogP contribution in [0.25, 0.3) is 0 Å². The number of hydrogen-bond acceptors (Lipinski definition) is 5. The van der Waals surface area contributed by atoms with Crippen molar-refractivity contribution in [2.45, 2.75) is 51.2 Å². The van der Waals surface area contributed by atoms with Crippen LogP contribution in [0.2, 0.25) is 0 Å². The Morgan fingerprint density at radius 2 is 1.66 bits per heavy atom. The Morgan fingerprint density at radius 1 is 0.897 bits per heavy atom. The Hall–Kier alpha value is -1.92. The van der Waals surface area contributed by atoms with Crippen molar-refractivity contribution in [2.75, 3.05) is 26.3 Å². The van der Waals surface area contributed by atoms with Crippen LogP contribution in [-0.4, -0.2) is 41.6 Å². The molecule has 0 heterocycles. The molecule has 160 valence electrons. The number of aromatic hydroxyl groups is 1. The third-order valence-electron chi connectivity index (χ3n) is 4.99. The number of rotatable bonds is 15. The molecule has 2 aromatic carbocycles. The minimum absolute atomic E-state index is 0.0524. The lowest BCUT2D eigenvalue weighted by Crippen LogP contribution is -2.22. The molecule has 0 spiro atoms. The lowest BCUT2D eigenvalue weighted by molar-refractivity contribution is 0.127. The first-order valence-electron chi connectivity index (χ1n) is 10.6. The number of benzene rings is 2. The van der Waals surface area contributed by atoms with Crippen LogP contribution < -0.4 is 5.32 Å². The number of nitrogens with one attached hydrogen (secondary N) is 1. The van der Waals surface area contributed by atoms with E-state index in [9.17, 15) is 15.3 Å². The molecule has 4 N–H and O–H groups in total. The van der Waals surface area contributed by atoms with E-state index < -0.39 is 6.10 Å². The van der Waals surface area contributed by atoms with Gasteiger partial charge < -0.3 is 25.4 Å². The summed E-state index contributed by atoms with van der Waals surface area (Å²) >= 11 is 0. The number of aliphatic hydroxyl groups is 2. The highest BCUT2D eigenvalue weighted by Gasteiger charge is 2.09. The molecule has 1 atom stereocenters. The SMILES string of the molecule is OCc1cc([C@@H](O)CNCCCCCCOCCCc2ccccc2)ccc1O. The van der Waals surface area contributed by atoms with E-state index in [0.717, 1.165) is 58.3 Å². The van der Waals surface area contributed by atoms with Crippen molar-refractivity contribution in [3.63, 3.8) is 0 Å². The second-order valence-electron chi connectivity index (χ2n) is 7.38. The minimum atomic E-state index is -0.648. The maximum Gasteiger partial charge on any atom is 0.121 e. The van der Waals surface area contributed by atoms with Crippen LogP contribution in [0.1, 0.15) is 54.9 Å². The molecule has 0 saturated heterocycles. The van der Waals surface area contributed by atoms with Gasteiger partial charge in [-0.25, -0.2) is 0 Å². The first-order valence-corrected chi connectivity index (χ1v) is 10.6. The summed E-state index contributed by atoms with van der Waals surface area (Å²) in [5, 5.41) is 32.2. The molecule has 29 heavy (non-hydrogen) atoms. The fraction of sp³-hybridized carbons (Fsp3) is 0.500. The molecule has 5 nitrogen and oxygen atoms in total. The molecule has 0 fully saturated rings. The molecule has 2 aromatic rings. The van der Waals surface area contributed by atoms with Crippen molar-refractivity contribution in [3.8, 4) is 5.75 Å². The zero-order chi connectivity index (χ0) is 20.7. The summed E-state index contributed by atoms with van der Waals surface area (Å²) < 4.78 is 5.71. The van der Waals surface area contributed by atoms with Gasteiger partial charge >= 0.3 is 0 Å². The van der Waals surface area contributed by atoms with Crippen LogP contribution in [0.3, 0.4) is 0 Å². The second-order valence-corrected chi connectivity index (χ2v) is 7.38. The highest BCUT2D eigenvalue weighted by Crippen LogP contribution is 2.22.